The van der Waals surface area contributed by atoms with Gasteiger partial charge in [0.1, 0.15) is 11.9 Å². The third kappa shape index (κ3) is 4.87. The van der Waals surface area contributed by atoms with E-state index >= 15 is 0 Å². The van der Waals surface area contributed by atoms with E-state index in [2.05, 4.69) is 59.0 Å². The van der Waals surface area contributed by atoms with Gasteiger partial charge >= 0.3 is 0 Å². The molecule has 1 N–H and O–H groups in total. The van der Waals surface area contributed by atoms with Crippen LogP contribution < -0.4 is 10.1 Å². The standard InChI is InChI=1S/C17H29NO/c1-7-16(11-18-10-12(2)3)19-17-14(5)9-8-13(4)15(17)6/h8-9,12,16,18H,7,10-11H2,1-6H3. The molecule has 1 aromatic carbocycles. The maximum absolute atomic E-state index is 6.23. The Bertz CT molecular complexity index is 398. The van der Waals surface area contributed by atoms with Crippen molar-refractivity contribution in [2.24, 2.45) is 5.92 Å². The quantitative estimate of drug-likeness (QED) is 0.802. The molecule has 0 fully saturated rings. The zero-order valence-electron chi connectivity index (χ0n) is 13.3. The molecule has 0 aliphatic carbocycles. The predicted molar refractivity (Wildman–Crippen MR) is 83.1 cm³/mol. The normalized spacial score (nSPS) is 12.8. The van der Waals surface area contributed by atoms with Crippen LogP contribution in [0.2, 0.25) is 0 Å². The van der Waals surface area contributed by atoms with Crippen LogP contribution in [0.5, 0.6) is 5.75 Å². The molecule has 0 heterocycles. The molecule has 108 valence electrons. The highest BCUT2D eigenvalue weighted by Crippen LogP contribution is 2.27. The van der Waals surface area contributed by atoms with Crippen molar-refractivity contribution in [2.75, 3.05) is 13.1 Å². The fourth-order valence-electron chi connectivity index (χ4n) is 2.08. The first-order valence-corrected chi connectivity index (χ1v) is 7.39. The van der Waals surface area contributed by atoms with Crippen LogP contribution in [0.25, 0.3) is 0 Å². The van der Waals surface area contributed by atoms with E-state index in [9.17, 15) is 0 Å². The van der Waals surface area contributed by atoms with Gasteiger partial charge in [-0.3, -0.25) is 0 Å². The summed E-state index contributed by atoms with van der Waals surface area (Å²) in [7, 11) is 0. The molecule has 0 bridgehead atoms. The van der Waals surface area contributed by atoms with Crippen LogP contribution in [-0.2, 0) is 0 Å². The fraction of sp³-hybridized carbons (Fsp3) is 0.647. The van der Waals surface area contributed by atoms with Gasteiger partial charge in [-0.15, -0.1) is 0 Å². The first kappa shape index (κ1) is 16.0. The van der Waals surface area contributed by atoms with Gasteiger partial charge in [-0.2, -0.15) is 0 Å². The second kappa shape index (κ2) is 7.54. The number of hydrogen-bond donors (Lipinski definition) is 1. The van der Waals surface area contributed by atoms with Gasteiger partial charge in [0.15, 0.2) is 0 Å². The van der Waals surface area contributed by atoms with E-state index < -0.39 is 0 Å². The van der Waals surface area contributed by atoms with Crippen LogP contribution in [0.3, 0.4) is 0 Å². The number of aryl methyl sites for hydroxylation is 2. The largest absolute Gasteiger partial charge is 0.489 e. The molecule has 19 heavy (non-hydrogen) atoms. The maximum atomic E-state index is 6.23. The monoisotopic (exact) mass is 263 g/mol. The summed E-state index contributed by atoms with van der Waals surface area (Å²) in [6.45, 7) is 15.0. The number of rotatable bonds is 7. The Balaban J connectivity index is 2.68. The molecule has 2 heteroatoms. The van der Waals surface area contributed by atoms with Crippen LogP contribution in [0, 0.1) is 26.7 Å². The van der Waals surface area contributed by atoms with Crippen LogP contribution in [0.1, 0.15) is 43.9 Å². The molecular formula is C17H29NO. The Morgan fingerprint density at radius 1 is 1.05 bits per heavy atom. The lowest BCUT2D eigenvalue weighted by atomic mass is 10.1. The smallest absolute Gasteiger partial charge is 0.125 e. The minimum absolute atomic E-state index is 0.248. The maximum Gasteiger partial charge on any atom is 0.125 e. The Hall–Kier alpha value is -1.02. The second-order valence-corrected chi connectivity index (χ2v) is 5.85. The lowest BCUT2D eigenvalue weighted by Gasteiger charge is -2.22. The zero-order valence-corrected chi connectivity index (χ0v) is 13.3. The first-order valence-electron chi connectivity index (χ1n) is 7.39. The van der Waals surface area contributed by atoms with Gasteiger partial charge in [-0.25, -0.2) is 0 Å². The molecule has 0 saturated carbocycles. The minimum Gasteiger partial charge on any atom is -0.489 e. The molecular weight excluding hydrogens is 234 g/mol. The van der Waals surface area contributed by atoms with Crippen molar-refractivity contribution in [3.63, 3.8) is 0 Å². The number of nitrogens with one attached hydrogen (secondary N) is 1. The SMILES string of the molecule is CCC(CNCC(C)C)Oc1c(C)ccc(C)c1C. The summed E-state index contributed by atoms with van der Waals surface area (Å²) in [6, 6.07) is 4.31. The van der Waals surface area contributed by atoms with Gasteiger partial charge in [0.05, 0.1) is 0 Å². The molecule has 0 aliphatic rings. The molecule has 0 aliphatic heterocycles. The first-order chi connectivity index (χ1) is 8.95. The summed E-state index contributed by atoms with van der Waals surface area (Å²) in [6.07, 6.45) is 1.27. The summed E-state index contributed by atoms with van der Waals surface area (Å²) in [5.74, 6) is 1.75. The molecule has 1 rings (SSSR count). The van der Waals surface area contributed by atoms with Crippen LogP contribution in [-0.4, -0.2) is 19.2 Å². The van der Waals surface area contributed by atoms with Crippen LogP contribution >= 0.6 is 0 Å². The Morgan fingerprint density at radius 3 is 2.26 bits per heavy atom. The highest BCUT2D eigenvalue weighted by atomic mass is 16.5. The Labute approximate surface area is 118 Å². The highest BCUT2D eigenvalue weighted by molar-refractivity contribution is 5.44. The van der Waals surface area contributed by atoms with E-state index in [1.165, 1.54) is 16.7 Å². The summed E-state index contributed by atoms with van der Waals surface area (Å²) in [5.41, 5.74) is 3.79. The van der Waals surface area contributed by atoms with Crippen molar-refractivity contribution >= 4 is 0 Å². The van der Waals surface area contributed by atoms with E-state index in [4.69, 9.17) is 4.74 Å². The Kier molecular flexibility index (Phi) is 6.36. The van der Waals surface area contributed by atoms with E-state index in [0.29, 0.717) is 5.92 Å². The van der Waals surface area contributed by atoms with Crippen molar-refractivity contribution < 1.29 is 4.74 Å². The fourth-order valence-corrected chi connectivity index (χ4v) is 2.08. The Morgan fingerprint density at radius 2 is 1.68 bits per heavy atom. The predicted octanol–water partition coefficient (Wildman–Crippen LogP) is 4.01. The number of hydrogen-bond acceptors (Lipinski definition) is 2. The summed E-state index contributed by atoms with van der Waals surface area (Å²) in [5, 5.41) is 3.48. The van der Waals surface area contributed by atoms with Crippen molar-refractivity contribution in [3.8, 4) is 5.75 Å². The topological polar surface area (TPSA) is 21.3 Å². The van der Waals surface area contributed by atoms with Gasteiger partial charge in [-0.05, 0) is 56.3 Å². The van der Waals surface area contributed by atoms with E-state index in [-0.39, 0.29) is 6.10 Å². The molecule has 0 amide bonds. The van der Waals surface area contributed by atoms with E-state index in [1.807, 2.05) is 0 Å². The lowest BCUT2D eigenvalue weighted by molar-refractivity contribution is 0.189. The van der Waals surface area contributed by atoms with Gasteiger partial charge in [0.2, 0.25) is 0 Å². The molecule has 0 saturated heterocycles. The molecule has 2 nitrogen and oxygen atoms in total. The lowest BCUT2D eigenvalue weighted by Crippen LogP contribution is -2.33. The van der Waals surface area contributed by atoms with Crippen molar-refractivity contribution in [1.82, 2.24) is 5.32 Å². The molecule has 0 radical (unpaired) electrons. The average Bonchev–Trinajstić information content (AvgIpc) is 2.36. The summed E-state index contributed by atoms with van der Waals surface area (Å²) < 4.78 is 6.23. The van der Waals surface area contributed by atoms with Gasteiger partial charge in [0, 0.05) is 6.54 Å². The average molecular weight is 263 g/mol. The molecule has 0 aromatic heterocycles. The van der Waals surface area contributed by atoms with Crippen molar-refractivity contribution in [2.45, 2.75) is 54.1 Å². The summed E-state index contributed by atoms with van der Waals surface area (Å²) in [4.78, 5) is 0. The van der Waals surface area contributed by atoms with Crippen LogP contribution in [0.15, 0.2) is 12.1 Å². The van der Waals surface area contributed by atoms with Crippen LogP contribution in [0.4, 0.5) is 0 Å². The molecule has 1 aromatic rings. The molecule has 1 atom stereocenters. The van der Waals surface area contributed by atoms with E-state index in [1.54, 1.807) is 0 Å². The minimum atomic E-state index is 0.248. The molecule has 1 unspecified atom stereocenters. The van der Waals surface area contributed by atoms with Gasteiger partial charge in [0.25, 0.3) is 0 Å². The third-order valence-corrected chi connectivity index (χ3v) is 3.54. The van der Waals surface area contributed by atoms with Crippen molar-refractivity contribution in [3.05, 3.63) is 28.8 Å². The van der Waals surface area contributed by atoms with Gasteiger partial charge < -0.3 is 10.1 Å². The van der Waals surface area contributed by atoms with Crippen molar-refractivity contribution in [1.29, 1.82) is 0 Å². The highest BCUT2D eigenvalue weighted by Gasteiger charge is 2.13. The third-order valence-electron chi connectivity index (χ3n) is 3.54. The number of benzene rings is 1. The summed E-state index contributed by atoms with van der Waals surface area (Å²) >= 11 is 0. The second-order valence-electron chi connectivity index (χ2n) is 5.85. The zero-order chi connectivity index (χ0) is 14.4. The molecule has 0 spiro atoms. The number of ether oxygens (including phenoxy) is 1. The van der Waals surface area contributed by atoms with E-state index in [0.717, 1.165) is 25.3 Å². The van der Waals surface area contributed by atoms with Gasteiger partial charge in [-0.1, -0.05) is 32.9 Å².